The van der Waals surface area contributed by atoms with Crippen LogP contribution in [0.4, 0.5) is 10.6 Å². The van der Waals surface area contributed by atoms with Crippen LogP contribution < -0.4 is 4.90 Å². The maximum Gasteiger partial charge on any atom is 0.411 e. The van der Waals surface area contributed by atoms with E-state index in [9.17, 15) is 9.90 Å². The summed E-state index contributed by atoms with van der Waals surface area (Å²) in [5.74, 6) is 0.906. The predicted octanol–water partition coefficient (Wildman–Crippen LogP) is 5.77. The van der Waals surface area contributed by atoms with Crippen molar-refractivity contribution in [2.45, 2.75) is 50.9 Å². The molecule has 3 aromatic rings. The van der Waals surface area contributed by atoms with Crippen molar-refractivity contribution in [2.24, 2.45) is 0 Å². The van der Waals surface area contributed by atoms with Gasteiger partial charge in [0.1, 0.15) is 11.4 Å². The lowest BCUT2D eigenvalue weighted by molar-refractivity contribution is -0.101. The molecule has 0 aliphatic carbocycles. The quantitative estimate of drug-likeness (QED) is 0.472. The zero-order valence-corrected chi connectivity index (χ0v) is 21.2. The van der Waals surface area contributed by atoms with Crippen molar-refractivity contribution in [3.63, 3.8) is 0 Å². The van der Waals surface area contributed by atoms with Crippen molar-refractivity contribution in [1.29, 1.82) is 0 Å². The Bertz CT molecular complexity index is 1160. The van der Waals surface area contributed by atoms with Gasteiger partial charge < -0.3 is 19.6 Å². The Morgan fingerprint density at radius 2 is 1.74 bits per heavy atom. The largest absolute Gasteiger partial charge is 0.438 e. The molecule has 1 N–H and O–H groups in total. The number of hydrogen-bond acceptors (Lipinski definition) is 5. The van der Waals surface area contributed by atoms with E-state index in [0.717, 1.165) is 28.2 Å². The minimum atomic E-state index is -0.975. The second kappa shape index (κ2) is 9.70. The van der Waals surface area contributed by atoms with E-state index in [2.05, 4.69) is 0 Å². The summed E-state index contributed by atoms with van der Waals surface area (Å²) in [4.78, 5) is 21.7. The highest BCUT2D eigenvalue weighted by Gasteiger charge is 2.46. The van der Waals surface area contributed by atoms with Crippen molar-refractivity contribution < 1.29 is 14.6 Å². The minimum absolute atomic E-state index is 0.145. The van der Waals surface area contributed by atoms with Crippen LogP contribution in [-0.4, -0.2) is 47.3 Å². The Morgan fingerprint density at radius 3 is 2.34 bits per heavy atom. The number of carbonyl (C=O) groups is 1. The molecule has 1 saturated heterocycles. The molecule has 2 aromatic carbocycles. The second-order valence-electron chi connectivity index (χ2n) is 10.2. The smallest absolute Gasteiger partial charge is 0.411 e. The average molecular weight is 474 g/mol. The van der Waals surface area contributed by atoms with E-state index in [4.69, 9.17) is 9.72 Å². The number of rotatable bonds is 7. The number of aliphatic hydroxyl groups is 1. The van der Waals surface area contributed by atoms with E-state index >= 15 is 0 Å². The van der Waals surface area contributed by atoms with Crippen LogP contribution in [0.5, 0.6) is 0 Å². The molecule has 4 rings (SSSR count). The van der Waals surface area contributed by atoms with Gasteiger partial charge in [-0.25, -0.2) is 9.78 Å². The summed E-state index contributed by atoms with van der Waals surface area (Å²) < 4.78 is 6.13. The van der Waals surface area contributed by atoms with Gasteiger partial charge in [-0.15, -0.1) is 0 Å². The number of carbonyl (C=O) groups excluding carboxylic acids is 1. The van der Waals surface area contributed by atoms with E-state index in [1.54, 1.807) is 18.7 Å². The Balaban J connectivity index is 1.53. The molecule has 1 amide bonds. The Kier molecular flexibility index (Phi) is 6.86. The first kappa shape index (κ1) is 24.7. The molecule has 0 bridgehead atoms. The summed E-state index contributed by atoms with van der Waals surface area (Å²) in [5.41, 5.74) is 2.06. The van der Waals surface area contributed by atoms with Crippen molar-refractivity contribution in [2.75, 3.05) is 25.5 Å². The van der Waals surface area contributed by atoms with Gasteiger partial charge >= 0.3 is 6.09 Å². The Morgan fingerprint density at radius 1 is 1.06 bits per heavy atom. The maximum atomic E-state index is 13.3. The van der Waals surface area contributed by atoms with Crippen molar-refractivity contribution in [3.05, 3.63) is 83.9 Å². The summed E-state index contributed by atoms with van der Waals surface area (Å²) in [6.07, 6.45) is 0.587. The van der Waals surface area contributed by atoms with E-state index in [-0.39, 0.29) is 12.1 Å². The molecule has 2 atom stereocenters. The van der Waals surface area contributed by atoms with Gasteiger partial charge in [-0.1, -0.05) is 60.7 Å². The topological polar surface area (TPSA) is 65.9 Å². The summed E-state index contributed by atoms with van der Waals surface area (Å²) in [5, 5.41) is 10.6. The molecular weight excluding hydrogens is 438 g/mol. The molecule has 1 aliphatic rings. The molecule has 1 aliphatic heterocycles. The van der Waals surface area contributed by atoms with Crippen LogP contribution in [0.1, 0.15) is 50.8 Å². The van der Waals surface area contributed by atoms with Crippen molar-refractivity contribution in [1.82, 2.24) is 9.88 Å². The van der Waals surface area contributed by atoms with E-state index in [1.807, 2.05) is 98.7 Å². The number of hydrogen-bond donors (Lipinski definition) is 1. The van der Waals surface area contributed by atoms with Crippen LogP contribution in [0.2, 0.25) is 0 Å². The highest BCUT2D eigenvalue weighted by Crippen LogP contribution is 2.42. The van der Waals surface area contributed by atoms with E-state index in [1.165, 1.54) is 0 Å². The van der Waals surface area contributed by atoms with Crippen molar-refractivity contribution >= 4 is 11.9 Å². The molecular formula is C29H35N3O3. The first-order chi connectivity index (χ1) is 16.6. The first-order valence-electron chi connectivity index (χ1n) is 12.1. The van der Waals surface area contributed by atoms with Crippen LogP contribution in [0.15, 0.2) is 72.8 Å². The third kappa shape index (κ3) is 5.49. The average Bonchev–Trinajstić information content (AvgIpc) is 2.83. The van der Waals surface area contributed by atoms with E-state index < -0.39 is 11.2 Å². The third-order valence-corrected chi connectivity index (χ3v) is 6.64. The van der Waals surface area contributed by atoms with Gasteiger partial charge in [0.15, 0.2) is 0 Å². The fraction of sp³-hybridized carbons (Fsp3) is 0.379. The number of pyridine rings is 1. The third-order valence-electron chi connectivity index (χ3n) is 6.64. The van der Waals surface area contributed by atoms with E-state index in [0.29, 0.717) is 19.4 Å². The number of anilines is 1. The van der Waals surface area contributed by atoms with Gasteiger partial charge in [-0.3, -0.25) is 0 Å². The SMILES string of the molecule is C[C@@H](c1ccc(-c2cccc(N(C)C)n2)cc1)N1CCC(CC(C)(C)O)(c2ccccc2)OC1=O. The lowest BCUT2D eigenvalue weighted by Gasteiger charge is -2.45. The Hall–Kier alpha value is -3.38. The normalized spacial score (nSPS) is 19.3. The number of nitrogens with zero attached hydrogens (tertiary/aromatic N) is 3. The molecule has 184 valence electrons. The number of amides is 1. The molecule has 2 heterocycles. The molecule has 0 radical (unpaired) electrons. The van der Waals surface area contributed by atoms with Crippen LogP contribution in [0, 0.1) is 0 Å². The lowest BCUT2D eigenvalue weighted by Crippen LogP contribution is -2.51. The summed E-state index contributed by atoms with van der Waals surface area (Å²) >= 11 is 0. The van der Waals surface area contributed by atoms with Crippen LogP contribution in [-0.2, 0) is 10.3 Å². The molecule has 6 heteroatoms. The molecule has 1 aromatic heterocycles. The second-order valence-corrected chi connectivity index (χ2v) is 10.2. The summed E-state index contributed by atoms with van der Waals surface area (Å²) in [6.45, 7) is 6.07. The number of ether oxygens (including phenoxy) is 1. The van der Waals surface area contributed by atoms with Crippen LogP contribution >= 0.6 is 0 Å². The van der Waals surface area contributed by atoms with Gasteiger partial charge in [0, 0.05) is 39.0 Å². The highest BCUT2D eigenvalue weighted by molar-refractivity contribution is 5.70. The van der Waals surface area contributed by atoms with Crippen molar-refractivity contribution in [3.8, 4) is 11.3 Å². The van der Waals surface area contributed by atoms with Gasteiger partial charge in [0.2, 0.25) is 0 Å². The van der Waals surface area contributed by atoms with Crippen LogP contribution in [0.3, 0.4) is 0 Å². The fourth-order valence-corrected chi connectivity index (χ4v) is 4.84. The zero-order valence-electron chi connectivity index (χ0n) is 21.2. The van der Waals surface area contributed by atoms with Gasteiger partial charge in [-0.2, -0.15) is 0 Å². The lowest BCUT2D eigenvalue weighted by atomic mass is 9.80. The summed E-state index contributed by atoms with van der Waals surface area (Å²) in [6, 6.07) is 23.8. The molecule has 6 nitrogen and oxygen atoms in total. The molecule has 0 spiro atoms. The first-order valence-corrected chi connectivity index (χ1v) is 12.1. The molecule has 0 saturated carbocycles. The minimum Gasteiger partial charge on any atom is -0.438 e. The van der Waals surface area contributed by atoms with Gasteiger partial charge in [0.05, 0.1) is 17.3 Å². The standard InChI is InChI=1S/C29H35N3O3/c1-21(22-14-16-23(17-15-22)25-12-9-13-26(30-25)31(4)5)32-19-18-29(35-27(32)33,20-28(2,3)34)24-10-7-6-8-11-24/h6-17,21,34H,18-20H2,1-5H3/t21-,29?/m0/s1. The predicted molar refractivity (Wildman–Crippen MR) is 139 cm³/mol. The fourth-order valence-electron chi connectivity index (χ4n) is 4.84. The monoisotopic (exact) mass is 473 g/mol. The highest BCUT2D eigenvalue weighted by atomic mass is 16.6. The number of benzene rings is 2. The summed E-state index contributed by atoms with van der Waals surface area (Å²) in [7, 11) is 3.95. The molecule has 1 unspecified atom stereocenters. The maximum absolute atomic E-state index is 13.3. The van der Waals surface area contributed by atoms with Gasteiger partial charge in [0.25, 0.3) is 0 Å². The molecule has 35 heavy (non-hydrogen) atoms. The zero-order chi connectivity index (χ0) is 25.2. The molecule has 1 fully saturated rings. The number of aromatic nitrogens is 1. The number of cyclic esters (lactones) is 1. The van der Waals surface area contributed by atoms with Gasteiger partial charge in [-0.05, 0) is 44.0 Å². The van der Waals surface area contributed by atoms with Crippen LogP contribution in [0.25, 0.3) is 11.3 Å². The Labute approximate surface area is 208 Å².